The predicted molar refractivity (Wildman–Crippen MR) is 128 cm³/mol. The molecule has 0 spiro atoms. The number of nitrogens with one attached hydrogen (secondary N) is 1. The molecule has 3 aromatic rings. The van der Waals surface area contributed by atoms with Crippen LogP contribution in [0.1, 0.15) is 30.7 Å². The molecule has 3 heterocycles. The summed E-state index contributed by atoms with van der Waals surface area (Å²) in [6.45, 7) is 5.03. The lowest BCUT2D eigenvalue weighted by Crippen LogP contribution is -2.30. The summed E-state index contributed by atoms with van der Waals surface area (Å²) in [7, 11) is 1.81. The van der Waals surface area contributed by atoms with Gasteiger partial charge >= 0.3 is 0 Å². The summed E-state index contributed by atoms with van der Waals surface area (Å²) in [4.78, 5) is 28.8. The zero-order valence-electron chi connectivity index (χ0n) is 18.4. The van der Waals surface area contributed by atoms with Crippen molar-refractivity contribution in [1.29, 1.82) is 0 Å². The first-order valence-electron chi connectivity index (χ1n) is 10.7. The van der Waals surface area contributed by atoms with Crippen LogP contribution < -0.4 is 5.32 Å². The van der Waals surface area contributed by atoms with Crippen LogP contribution in [0.3, 0.4) is 0 Å². The number of hydrogen-bond donors (Lipinski definition) is 1. The normalized spacial score (nSPS) is 15.4. The Labute approximate surface area is 192 Å². The van der Waals surface area contributed by atoms with Gasteiger partial charge < -0.3 is 19.2 Å². The van der Waals surface area contributed by atoms with Crippen LogP contribution in [0.5, 0.6) is 0 Å². The van der Waals surface area contributed by atoms with Crippen molar-refractivity contribution < 1.29 is 14.0 Å². The number of aryl methyl sites for hydroxylation is 1. The van der Waals surface area contributed by atoms with Gasteiger partial charge in [-0.2, -0.15) is 0 Å². The third-order valence-corrected chi connectivity index (χ3v) is 6.19. The maximum atomic E-state index is 12.9. The van der Waals surface area contributed by atoms with Crippen LogP contribution in [-0.2, 0) is 29.1 Å². The molecule has 2 aromatic heterocycles. The molecule has 1 N–H and O–H groups in total. The highest BCUT2D eigenvalue weighted by atomic mass is 32.1. The van der Waals surface area contributed by atoms with Gasteiger partial charge in [-0.3, -0.25) is 14.5 Å². The minimum atomic E-state index is -0.115. The molecule has 8 heteroatoms. The molecule has 0 atom stereocenters. The van der Waals surface area contributed by atoms with Gasteiger partial charge in [0.15, 0.2) is 5.11 Å². The molecule has 166 valence electrons. The summed E-state index contributed by atoms with van der Waals surface area (Å²) in [6.07, 6.45) is 6.21. The average Bonchev–Trinajstić information content (AvgIpc) is 3.48. The van der Waals surface area contributed by atoms with Crippen LogP contribution in [0.2, 0.25) is 0 Å². The zero-order valence-corrected chi connectivity index (χ0v) is 19.2. The second-order valence-electron chi connectivity index (χ2n) is 7.66. The molecule has 0 bridgehead atoms. The standard InChI is InChI=1S/C24H26N4O3S/c1-4-16-8-6-10-19-17(12-20-23(30)28(5-2)24(32)26(20)3)14-27(22(16)19)15-21(29)25-13-18-9-7-11-31-18/h6-12,14H,4-5,13,15H2,1-3H3,(H,25,29)/b20-12-. The number of likely N-dealkylation sites (N-methyl/N-ethyl adjacent to an activating group) is 2. The number of rotatable bonds is 7. The number of fused-ring (bicyclic) bond motifs is 1. The van der Waals surface area contributed by atoms with Crippen molar-refractivity contribution in [1.82, 2.24) is 19.7 Å². The van der Waals surface area contributed by atoms with E-state index in [-0.39, 0.29) is 18.4 Å². The number of nitrogens with zero attached hydrogens (tertiary/aromatic N) is 3. The van der Waals surface area contributed by atoms with Crippen LogP contribution in [0.4, 0.5) is 0 Å². The van der Waals surface area contributed by atoms with E-state index in [0.29, 0.717) is 29.7 Å². The number of aromatic nitrogens is 1. The van der Waals surface area contributed by atoms with Crippen molar-refractivity contribution >= 4 is 46.1 Å². The van der Waals surface area contributed by atoms with Crippen molar-refractivity contribution in [3.05, 3.63) is 65.4 Å². The van der Waals surface area contributed by atoms with E-state index in [2.05, 4.69) is 18.3 Å². The summed E-state index contributed by atoms with van der Waals surface area (Å²) >= 11 is 5.42. The third kappa shape index (κ3) is 3.93. The van der Waals surface area contributed by atoms with Gasteiger partial charge in [0.05, 0.1) is 18.3 Å². The molecule has 1 aliphatic rings. The van der Waals surface area contributed by atoms with Gasteiger partial charge in [0.1, 0.15) is 18.0 Å². The van der Waals surface area contributed by atoms with Crippen molar-refractivity contribution in [2.45, 2.75) is 33.4 Å². The van der Waals surface area contributed by atoms with E-state index in [1.165, 1.54) is 0 Å². The Morgan fingerprint density at radius 1 is 1.22 bits per heavy atom. The largest absolute Gasteiger partial charge is 0.467 e. The molecule has 1 aromatic carbocycles. The molecular weight excluding hydrogens is 424 g/mol. The first kappa shape index (κ1) is 21.8. The smallest absolute Gasteiger partial charge is 0.276 e. The van der Waals surface area contributed by atoms with Gasteiger partial charge in [0.2, 0.25) is 5.91 Å². The zero-order chi connectivity index (χ0) is 22.8. The number of hydrogen-bond acceptors (Lipinski definition) is 4. The lowest BCUT2D eigenvalue weighted by atomic mass is 10.1. The molecule has 32 heavy (non-hydrogen) atoms. The quantitative estimate of drug-likeness (QED) is 0.441. The average molecular weight is 451 g/mol. The molecule has 0 unspecified atom stereocenters. The third-order valence-electron chi connectivity index (χ3n) is 5.70. The summed E-state index contributed by atoms with van der Waals surface area (Å²) in [5.74, 6) is 0.481. The Bertz CT molecular complexity index is 1210. The number of para-hydroxylation sites is 1. The highest BCUT2D eigenvalue weighted by Crippen LogP contribution is 2.29. The first-order chi connectivity index (χ1) is 15.4. The molecule has 0 radical (unpaired) electrons. The molecule has 1 fully saturated rings. The van der Waals surface area contributed by atoms with Crippen LogP contribution in [0, 0.1) is 0 Å². The number of carbonyl (C=O) groups is 2. The second kappa shape index (κ2) is 9.00. The van der Waals surface area contributed by atoms with Crippen LogP contribution in [0.25, 0.3) is 17.0 Å². The van der Waals surface area contributed by atoms with Crippen LogP contribution in [-0.4, -0.2) is 44.9 Å². The number of furan rings is 1. The second-order valence-corrected chi connectivity index (χ2v) is 8.02. The Morgan fingerprint density at radius 2 is 2.03 bits per heavy atom. The highest BCUT2D eigenvalue weighted by molar-refractivity contribution is 7.80. The SMILES string of the molecule is CCc1cccc2c(/C=C3/C(=O)N(CC)C(=S)N3C)cn(CC(=O)NCc3ccco3)c12. The Balaban J connectivity index is 1.69. The maximum Gasteiger partial charge on any atom is 0.276 e. The lowest BCUT2D eigenvalue weighted by Gasteiger charge is -2.13. The van der Waals surface area contributed by atoms with Gasteiger partial charge in [0, 0.05) is 30.7 Å². The van der Waals surface area contributed by atoms with E-state index >= 15 is 0 Å². The molecule has 7 nitrogen and oxygen atoms in total. The van der Waals surface area contributed by atoms with Crippen molar-refractivity contribution in [3.63, 3.8) is 0 Å². The summed E-state index contributed by atoms with van der Waals surface area (Å²) in [5.41, 5.74) is 3.55. The van der Waals surface area contributed by atoms with Gasteiger partial charge in [-0.15, -0.1) is 0 Å². The Hall–Kier alpha value is -3.39. The Kier molecular flexibility index (Phi) is 6.14. The van der Waals surface area contributed by atoms with E-state index in [1.54, 1.807) is 29.2 Å². The van der Waals surface area contributed by atoms with E-state index in [1.807, 2.05) is 42.0 Å². The van der Waals surface area contributed by atoms with Gasteiger partial charge in [-0.25, -0.2) is 0 Å². The van der Waals surface area contributed by atoms with Crippen molar-refractivity contribution in [2.24, 2.45) is 0 Å². The van der Waals surface area contributed by atoms with Crippen molar-refractivity contribution in [3.8, 4) is 0 Å². The van der Waals surface area contributed by atoms with Crippen LogP contribution >= 0.6 is 12.2 Å². The predicted octanol–water partition coefficient (Wildman–Crippen LogP) is 3.53. The summed E-state index contributed by atoms with van der Waals surface area (Å²) < 4.78 is 7.24. The van der Waals surface area contributed by atoms with E-state index in [0.717, 1.165) is 28.5 Å². The molecule has 2 amide bonds. The van der Waals surface area contributed by atoms with Gasteiger partial charge in [-0.1, -0.05) is 25.1 Å². The fourth-order valence-corrected chi connectivity index (χ4v) is 4.35. The minimum Gasteiger partial charge on any atom is -0.467 e. The Morgan fingerprint density at radius 3 is 2.69 bits per heavy atom. The molecule has 4 rings (SSSR count). The lowest BCUT2D eigenvalue weighted by molar-refractivity contribution is -0.123. The number of amides is 2. The van der Waals surface area contributed by atoms with E-state index < -0.39 is 0 Å². The molecular formula is C24H26N4O3S. The maximum absolute atomic E-state index is 12.9. The fraction of sp³-hybridized carbons (Fsp3) is 0.292. The summed E-state index contributed by atoms with van der Waals surface area (Å²) in [6, 6.07) is 9.71. The van der Waals surface area contributed by atoms with Gasteiger partial charge in [-0.05, 0) is 49.3 Å². The number of carbonyl (C=O) groups excluding carboxylic acids is 2. The number of benzene rings is 1. The van der Waals surface area contributed by atoms with E-state index in [4.69, 9.17) is 16.6 Å². The van der Waals surface area contributed by atoms with E-state index in [9.17, 15) is 9.59 Å². The van der Waals surface area contributed by atoms with Gasteiger partial charge in [0.25, 0.3) is 5.91 Å². The number of thiocarbonyl (C=S) groups is 1. The molecule has 0 saturated carbocycles. The summed E-state index contributed by atoms with van der Waals surface area (Å²) in [5, 5.41) is 4.39. The molecule has 1 aliphatic heterocycles. The topological polar surface area (TPSA) is 70.7 Å². The first-order valence-corrected chi connectivity index (χ1v) is 11.1. The minimum absolute atomic E-state index is 0.108. The van der Waals surface area contributed by atoms with Crippen molar-refractivity contribution in [2.75, 3.05) is 13.6 Å². The molecule has 0 aliphatic carbocycles. The molecule has 1 saturated heterocycles. The highest BCUT2D eigenvalue weighted by Gasteiger charge is 2.34. The van der Waals surface area contributed by atoms with Crippen LogP contribution in [0.15, 0.2) is 52.9 Å². The fourth-order valence-electron chi connectivity index (χ4n) is 4.04. The monoisotopic (exact) mass is 450 g/mol.